The van der Waals surface area contributed by atoms with Crippen molar-refractivity contribution in [2.45, 2.75) is 25.8 Å². The van der Waals surface area contributed by atoms with Crippen molar-refractivity contribution in [3.8, 4) is 5.75 Å². The first-order valence-electron chi connectivity index (χ1n) is 6.37. The van der Waals surface area contributed by atoms with Gasteiger partial charge in [0.15, 0.2) is 0 Å². The van der Waals surface area contributed by atoms with E-state index in [9.17, 15) is 9.59 Å². The average Bonchev–Trinajstić information content (AvgIpc) is 2.43. The Morgan fingerprint density at radius 2 is 2.05 bits per heavy atom. The Labute approximate surface area is 133 Å². The highest BCUT2D eigenvalue weighted by Crippen LogP contribution is 2.31. The van der Waals surface area contributed by atoms with Gasteiger partial charge in [0.1, 0.15) is 10.8 Å². The van der Waals surface area contributed by atoms with Gasteiger partial charge in [-0.15, -0.1) is 0 Å². The lowest BCUT2D eigenvalue weighted by Crippen LogP contribution is -2.35. The van der Waals surface area contributed by atoms with Gasteiger partial charge >= 0.3 is 5.97 Å². The summed E-state index contributed by atoms with van der Waals surface area (Å²) >= 11 is 11.8. The predicted molar refractivity (Wildman–Crippen MR) is 80.8 cm³/mol. The molecule has 0 radical (unpaired) electrons. The summed E-state index contributed by atoms with van der Waals surface area (Å²) in [6.07, 6.45) is 0.275. The van der Waals surface area contributed by atoms with Crippen molar-refractivity contribution in [1.82, 2.24) is 5.32 Å². The molecule has 1 unspecified atom stereocenters. The highest BCUT2D eigenvalue weighted by atomic mass is 35.5. The summed E-state index contributed by atoms with van der Waals surface area (Å²) in [5.41, 5.74) is 0. The van der Waals surface area contributed by atoms with Crippen LogP contribution >= 0.6 is 23.2 Å². The summed E-state index contributed by atoms with van der Waals surface area (Å²) in [6, 6.07) is 4.74. The van der Waals surface area contributed by atoms with Gasteiger partial charge in [-0.3, -0.25) is 9.59 Å². The van der Waals surface area contributed by atoms with E-state index in [4.69, 9.17) is 27.9 Å². The topological polar surface area (TPSA) is 64.6 Å². The van der Waals surface area contributed by atoms with Crippen LogP contribution in [-0.4, -0.2) is 31.6 Å². The number of halogens is 2. The molecule has 1 amide bonds. The summed E-state index contributed by atoms with van der Waals surface area (Å²) in [6.45, 7) is 1.89. The van der Waals surface area contributed by atoms with Crippen LogP contribution in [0.4, 0.5) is 0 Å². The summed E-state index contributed by atoms with van der Waals surface area (Å²) in [4.78, 5) is 22.7. The second kappa shape index (κ2) is 8.74. The molecule has 1 aromatic carbocycles. The van der Waals surface area contributed by atoms with Crippen LogP contribution in [0.5, 0.6) is 5.75 Å². The van der Waals surface area contributed by atoms with Crippen LogP contribution in [0.3, 0.4) is 0 Å². The molecule has 116 valence electrons. The van der Waals surface area contributed by atoms with Crippen LogP contribution in [0.2, 0.25) is 10.0 Å². The molecule has 1 atom stereocenters. The van der Waals surface area contributed by atoms with Crippen LogP contribution in [0, 0.1) is 0 Å². The second-order valence-electron chi connectivity index (χ2n) is 4.40. The van der Waals surface area contributed by atoms with Crippen LogP contribution in [0.15, 0.2) is 18.2 Å². The van der Waals surface area contributed by atoms with Crippen molar-refractivity contribution in [3.05, 3.63) is 28.2 Å². The minimum atomic E-state index is -0.371. The first-order chi connectivity index (χ1) is 9.93. The highest BCUT2D eigenvalue weighted by molar-refractivity contribution is 6.42. The molecule has 1 N–H and O–H groups in total. The first kappa shape index (κ1) is 17.6. The smallest absolute Gasteiger partial charge is 0.307 e. The minimum absolute atomic E-state index is 0.128. The number of hydrogen-bond donors (Lipinski definition) is 1. The fourth-order valence-corrected chi connectivity index (χ4v) is 1.93. The number of nitrogens with one attached hydrogen (secondary N) is 1. The third kappa shape index (κ3) is 6.23. The standard InChI is InChI=1S/C14H17Cl2NO4/c1-9(8-13(19)20-2)17-12(18)6-7-21-11-5-3-4-10(15)14(11)16/h3-5,9H,6-8H2,1-2H3,(H,17,18). The molecule has 0 saturated heterocycles. The first-order valence-corrected chi connectivity index (χ1v) is 7.12. The lowest BCUT2D eigenvalue weighted by atomic mass is 10.2. The molecule has 0 saturated carbocycles. The molecule has 0 spiro atoms. The molecule has 0 fully saturated rings. The molecule has 7 heteroatoms. The van der Waals surface area contributed by atoms with Gasteiger partial charge in [0, 0.05) is 6.04 Å². The van der Waals surface area contributed by atoms with Crippen LogP contribution < -0.4 is 10.1 Å². The van der Waals surface area contributed by atoms with E-state index in [0.29, 0.717) is 15.8 Å². The van der Waals surface area contributed by atoms with E-state index < -0.39 is 0 Å². The zero-order chi connectivity index (χ0) is 15.8. The van der Waals surface area contributed by atoms with E-state index in [1.54, 1.807) is 25.1 Å². The zero-order valence-electron chi connectivity index (χ0n) is 11.8. The van der Waals surface area contributed by atoms with Crippen LogP contribution in [0.25, 0.3) is 0 Å². The van der Waals surface area contributed by atoms with E-state index in [0.717, 1.165) is 0 Å². The van der Waals surface area contributed by atoms with Crippen molar-refractivity contribution in [1.29, 1.82) is 0 Å². The van der Waals surface area contributed by atoms with Gasteiger partial charge in [0.05, 0.1) is 31.6 Å². The molecular weight excluding hydrogens is 317 g/mol. The Balaban J connectivity index is 2.33. The number of hydrogen-bond acceptors (Lipinski definition) is 4. The molecule has 0 aliphatic rings. The fourth-order valence-electron chi connectivity index (χ4n) is 1.58. The quantitative estimate of drug-likeness (QED) is 0.779. The predicted octanol–water partition coefficient (Wildman–Crippen LogP) is 2.83. The number of methoxy groups -OCH3 is 1. The number of benzene rings is 1. The molecule has 1 aromatic rings. The van der Waals surface area contributed by atoms with E-state index >= 15 is 0 Å². The molecule has 0 bridgehead atoms. The van der Waals surface area contributed by atoms with Gasteiger partial charge in [-0.25, -0.2) is 0 Å². The van der Waals surface area contributed by atoms with E-state index in [1.807, 2.05) is 0 Å². The lowest BCUT2D eigenvalue weighted by molar-refractivity contribution is -0.141. The zero-order valence-corrected chi connectivity index (χ0v) is 13.3. The minimum Gasteiger partial charge on any atom is -0.491 e. The van der Waals surface area contributed by atoms with E-state index in [2.05, 4.69) is 10.1 Å². The Bertz CT molecular complexity index is 508. The molecule has 5 nitrogen and oxygen atoms in total. The molecule has 21 heavy (non-hydrogen) atoms. The molecular formula is C14H17Cl2NO4. The number of amides is 1. The molecule has 0 aliphatic carbocycles. The van der Waals surface area contributed by atoms with Crippen LogP contribution in [0.1, 0.15) is 19.8 Å². The van der Waals surface area contributed by atoms with Gasteiger partial charge in [-0.1, -0.05) is 29.3 Å². The SMILES string of the molecule is COC(=O)CC(C)NC(=O)CCOc1cccc(Cl)c1Cl. The van der Waals surface area contributed by atoms with Gasteiger partial charge in [0.25, 0.3) is 0 Å². The summed E-state index contributed by atoms with van der Waals surface area (Å²) < 4.78 is 9.93. The largest absolute Gasteiger partial charge is 0.491 e. The van der Waals surface area contributed by atoms with Crippen molar-refractivity contribution >= 4 is 35.1 Å². The number of carbonyl (C=O) groups excluding carboxylic acids is 2. The van der Waals surface area contributed by atoms with Crippen molar-refractivity contribution in [2.24, 2.45) is 0 Å². The van der Waals surface area contributed by atoms with Gasteiger partial charge in [0.2, 0.25) is 5.91 Å². The summed E-state index contributed by atoms with van der Waals surface area (Å²) in [5, 5.41) is 3.39. The Hall–Kier alpha value is -1.46. The summed E-state index contributed by atoms with van der Waals surface area (Å²) in [7, 11) is 1.31. The maximum absolute atomic E-state index is 11.7. The van der Waals surface area contributed by atoms with Crippen molar-refractivity contribution < 1.29 is 19.1 Å². The van der Waals surface area contributed by atoms with Gasteiger partial charge < -0.3 is 14.8 Å². The average molecular weight is 334 g/mol. The monoisotopic (exact) mass is 333 g/mol. The Morgan fingerprint density at radius 1 is 1.33 bits per heavy atom. The number of ether oxygens (including phenoxy) is 2. The van der Waals surface area contributed by atoms with Gasteiger partial charge in [-0.05, 0) is 19.1 Å². The fraction of sp³-hybridized carbons (Fsp3) is 0.429. The summed E-state index contributed by atoms with van der Waals surface area (Å²) in [5.74, 6) is -0.158. The number of rotatable bonds is 7. The molecule has 0 aliphatic heterocycles. The molecule has 1 rings (SSSR count). The maximum atomic E-state index is 11.7. The molecule has 0 heterocycles. The third-order valence-corrected chi connectivity index (χ3v) is 3.41. The molecule has 0 aromatic heterocycles. The maximum Gasteiger partial charge on any atom is 0.307 e. The van der Waals surface area contributed by atoms with Crippen LogP contribution in [-0.2, 0) is 14.3 Å². The third-order valence-electron chi connectivity index (χ3n) is 2.61. The van der Waals surface area contributed by atoms with Crippen molar-refractivity contribution in [3.63, 3.8) is 0 Å². The lowest BCUT2D eigenvalue weighted by Gasteiger charge is -2.13. The highest BCUT2D eigenvalue weighted by Gasteiger charge is 2.12. The van der Waals surface area contributed by atoms with Crippen molar-refractivity contribution in [2.75, 3.05) is 13.7 Å². The second-order valence-corrected chi connectivity index (χ2v) is 5.18. The Morgan fingerprint density at radius 3 is 2.71 bits per heavy atom. The number of carbonyl (C=O) groups is 2. The number of esters is 1. The Kier molecular flexibility index (Phi) is 7.32. The van der Waals surface area contributed by atoms with E-state index in [-0.39, 0.29) is 37.4 Å². The normalized spacial score (nSPS) is 11.6. The van der Waals surface area contributed by atoms with Gasteiger partial charge in [-0.2, -0.15) is 0 Å². The van der Waals surface area contributed by atoms with E-state index in [1.165, 1.54) is 7.11 Å².